The van der Waals surface area contributed by atoms with Crippen LogP contribution in [0, 0.1) is 6.92 Å². The molecule has 0 unspecified atom stereocenters. The van der Waals surface area contributed by atoms with E-state index in [0.717, 1.165) is 5.56 Å². The molecule has 0 radical (unpaired) electrons. The molecule has 0 fully saturated rings. The Kier molecular flexibility index (Phi) is 4.69. The average molecular weight is 277 g/mol. The highest BCUT2D eigenvalue weighted by molar-refractivity contribution is 7.89. The molecule has 0 aliphatic rings. The van der Waals surface area contributed by atoms with Gasteiger partial charge in [0.2, 0.25) is 0 Å². The first kappa shape index (κ1) is 14.5. The first-order valence-electron chi connectivity index (χ1n) is 5.46. The van der Waals surface area contributed by atoms with Gasteiger partial charge in [-0.05, 0) is 32.9 Å². The van der Waals surface area contributed by atoms with Crippen LogP contribution in [0.25, 0.3) is 0 Å². The van der Waals surface area contributed by atoms with Gasteiger partial charge < -0.3 is 5.32 Å². The Labute approximate surface area is 111 Å². The first-order valence-corrected chi connectivity index (χ1v) is 6.94. The van der Waals surface area contributed by atoms with Gasteiger partial charge in [0.15, 0.2) is 0 Å². The van der Waals surface area contributed by atoms with Crippen molar-refractivity contribution >= 4 is 16.1 Å². The maximum Gasteiger partial charge on any atom is 0.330 e. The molecule has 18 heavy (non-hydrogen) atoms. The molecular weight excluding hydrogens is 254 g/mol. The molecule has 3 N–H and O–H groups in total. The zero-order chi connectivity index (χ0) is 13.8. The third-order valence-corrected chi connectivity index (χ3v) is 3.31. The SMILES string of the molecule is Cc1ccc(S(=O)(=O)NNC(=O)NC(C)C)cc1.[HH].[HH].[HH]. The molecule has 7 heteroatoms. The molecule has 106 valence electrons. The van der Waals surface area contributed by atoms with Crippen LogP contribution < -0.4 is 15.6 Å². The van der Waals surface area contributed by atoms with Gasteiger partial charge in [-0.15, -0.1) is 4.83 Å². The molecule has 0 atom stereocenters. The largest absolute Gasteiger partial charge is 0.335 e. The fourth-order valence-electron chi connectivity index (χ4n) is 1.19. The molecule has 6 nitrogen and oxygen atoms in total. The van der Waals surface area contributed by atoms with E-state index in [0.29, 0.717) is 0 Å². The zero-order valence-corrected chi connectivity index (χ0v) is 11.3. The van der Waals surface area contributed by atoms with Gasteiger partial charge in [-0.1, -0.05) is 17.7 Å². The van der Waals surface area contributed by atoms with E-state index in [2.05, 4.69) is 10.7 Å². The number of urea groups is 1. The Morgan fingerprint density at radius 2 is 1.78 bits per heavy atom. The lowest BCUT2D eigenvalue weighted by molar-refractivity contribution is 0.237. The summed E-state index contributed by atoms with van der Waals surface area (Å²) in [5, 5.41) is 2.50. The average Bonchev–Trinajstić information content (AvgIpc) is 2.26. The topological polar surface area (TPSA) is 87.3 Å². The number of aryl methyl sites for hydroxylation is 1. The van der Waals surface area contributed by atoms with Crippen LogP contribution in [-0.2, 0) is 10.0 Å². The van der Waals surface area contributed by atoms with Crippen molar-refractivity contribution in [3.05, 3.63) is 29.8 Å². The van der Waals surface area contributed by atoms with E-state index in [9.17, 15) is 13.2 Å². The van der Waals surface area contributed by atoms with Crippen LogP contribution in [0.2, 0.25) is 0 Å². The van der Waals surface area contributed by atoms with Crippen molar-refractivity contribution in [2.24, 2.45) is 0 Å². The van der Waals surface area contributed by atoms with Gasteiger partial charge in [0.05, 0.1) is 4.90 Å². The zero-order valence-electron chi connectivity index (χ0n) is 10.5. The molecule has 1 aromatic rings. The van der Waals surface area contributed by atoms with Gasteiger partial charge >= 0.3 is 6.03 Å². The van der Waals surface area contributed by atoms with Crippen molar-refractivity contribution in [2.45, 2.75) is 31.7 Å². The predicted molar refractivity (Wildman–Crippen MR) is 74.6 cm³/mol. The molecule has 1 aromatic carbocycles. The van der Waals surface area contributed by atoms with Gasteiger partial charge in [-0.2, -0.15) is 0 Å². The van der Waals surface area contributed by atoms with E-state index in [1.807, 2.05) is 11.8 Å². The van der Waals surface area contributed by atoms with Crippen LogP contribution in [0.1, 0.15) is 23.7 Å². The molecule has 0 spiro atoms. The first-order chi connectivity index (χ1) is 8.31. The Balaban J connectivity index is -0.00000108. The summed E-state index contributed by atoms with van der Waals surface area (Å²) >= 11 is 0. The van der Waals surface area contributed by atoms with E-state index in [1.54, 1.807) is 26.0 Å². The summed E-state index contributed by atoms with van der Waals surface area (Å²) < 4.78 is 23.6. The second-order valence-electron chi connectivity index (χ2n) is 4.17. The van der Waals surface area contributed by atoms with Gasteiger partial charge in [0.25, 0.3) is 10.0 Å². The summed E-state index contributed by atoms with van der Waals surface area (Å²) in [7, 11) is -3.73. The quantitative estimate of drug-likeness (QED) is 0.731. The van der Waals surface area contributed by atoms with Gasteiger partial charge in [-0.25, -0.2) is 13.2 Å². The van der Waals surface area contributed by atoms with Crippen molar-refractivity contribution in [1.29, 1.82) is 0 Å². The predicted octanol–water partition coefficient (Wildman–Crippen LogP) is 1.63. The van der Waals surface area contributed by atoms with Gasteiger partial charge in [0, 0.05) is 10.3 Å². The third-order valence-electron chi connectivity index (χ3n) is 2.05. The fourth-order valence-corrected chi connectivity index (χ4v) is 2.03. The summed E-state index contributed by atoms with van der Waals surface area (Å²) in [5.74, 6) is 0. The maximum absolute atomic E-state index is 11.8. The lowest BCUT2D eigenvalue weighted by Crippen LogP contribution is -2.48. The monoisotopic (exact) mass is 277 g/mol. The maximum atomic E-state index is 11.8. The van der Waals surface area contributed by atoms with Gasteiger partial charge in [-0.3, -0.25) is 5.43 Å². The Morgan fingerprint density at radius 3 is 2.28 bits per heavy atom. The normalized spacial score (nSPS) is 11.3. The van der Waals surface area contributed by atoms with E-state index < -0.39 is 16.1 Å². The van der Waals surface area contributed by atoms with Crippen LogP contribution in [0.4, 0.5) is 4.79 Å². The Bertz CT molecular complexity index is 521. The van der Waals surface area contributed by atoms with E-state index in [-0.39, 0.29) is 15.2 Å². The minimum absolute atomic E-state index is 0. The van der Waals surface area contributed by atoms with Crippen LogP contribution in [0.15, 0.2) is 29.2 Å². The van der Waals surface area contributed by atoms with Crippen molar-refractivity contribution in [2.75, 3.05) is 0 Å². The van der Waals surface area contributed by atoms with E-state index >= 15 is 0 Å². The molecule has 0 aliphatic heterocycles. The van der Waals surface area contributed by atoms with Crippen LogP contribution >= 0.6 is 0 Å². The smallest absolute Gasteiger partial charge is 0.330 e. The second-order valence-corrected chi connectivity index (χ2v) is 5.85. The van der Waals surface area contributed by atoms with Crippen molar-refractivity contribution < 1.29 is 17.5 Å². The number of carbonyl (C=O) groups is 1. The third kappa shape index (κ3) is 4.34. The number of hydrogen-bond donors (Lipinski definition) is 3. The summed E-state index contributed by atoms with van der Waals surface area (Å²) in [6.07, 6.45) is 0. The van der Waals surface area contributed by atoms with Crippen LogP contribution in [0.5, 0.6) is 0 Å². The molecular formula is C11H23N3O3S. The molecule has 0 bridgehead atoms. The second kappa shape index (κ2) is 5.83. The van der Waals surface area contributed by atoms with Crippen LogP contribution in [-0.4, -0.2) is 20.5 Å². The number of hydrazine groups is 1. The summed E-state index contributed by atoms with van der Waals surface area (Å²) in [5.41, 5.74) is 3.04. The minimum atomic E-state index is -3.73. The van der Waals surface area contributed by atoms with Crippen molar-refractivity contribution in [3.8, 4) is 0 Å². The lowest BCUT2D eigenvalue weighted by atomic mass is 10.2. The molecule has 2 amide bonds. The number of nitrogens with one attached hydrogen (secondary N) is 3. The summed E-state index contributed by atoms with van der Waals surface area (Å²) in [4.78, 5) is 13.3. The molecule has 0 aliphatic carbocycles. The highest BCUT2D eigenvalue weighted by atomic mass is 32.2. The highest BCUT2D eigenvalue weighted by Gasteiger charge is 2.14. The number of carbonyl (C=O) groups excluding carboxylic acids is 1. The minimum Gasteiger partial charge on any atom is -0.335 e. The number of rotatable bonds is 4. The molecule has 0 saturated carbocycles. The molecule has 0 heterocycles. The standard InChI is InChI=1S/C11H17N3O3S.3H2/c1-8(2)12-11(15)13-14-18(16,17)10-6-4-9(3)5-7-10;;;/h4-8,14H,1-3H3,(H2,12,13,15);3*1H. The Morgan fingerprint density at radius 1 is 1.22 bits per heavy atom. The summed E-state index contributed by atoms with van der Waals surface area (Å²) in [6.45, 7) is 5.40. The lowest BCUT2D eigenvalue weighted by Gasteiger charge is -2.11. The van der Waals surface area contributed by atoms with E-state index in [4.69, 9.17) is 0 Å². The van der Waals surface area contributed by atoms with Crippen LogP contribution in [0.3, 0.4) is 0 Å². The summed E-state index contributed by atoms with van der Waals surface area (Å²) in [6, 6.07) is 5.64. The van der Waals surface area contributed by atoms with Crippen molar-refractivity contribution in [1.82, 2.24) is 15.6 Å². The fraction of sp³-hybridized carbons (Fsp3) is 0.364. The molecule has 1 rings (SSSR count). The molecule has 0 saturated heterocycles. The number of benzene rings is 1. The highest BCUT2D eigenvalue weighted by Crippen LogP contribution is 2.08. The number of sulfonamides is 1. The molecule has 0 aromatic heterocycles. The van der Waals surface area contributed by atoms with Crippen molar-refractivity contribution in [3.63, 3.8) is 0 Å². The number of amides is 2. The number of hydrogen-bond acceptors (Lipinski definition) is 3. The Hall–Kier alpha value is -1.60. The van der Waals surface area contributed by atoms with Gasteiger partial charge in [0.1, 0.15) is 0 Å². The van der Waals surface area contributed by atoms with E-state index in [1.165, 1.54) is 12.1 Å².